The molecule has 0 fully saturated rings. The Morgan fingerprint density at radius 1 is 0.409 bits per heavy atom. The summed E-state index contributed by atoms with van der Waals surface area (Å²) in [6.07, 6.45) is 0. The highest BCUT2D eigenvalue weighted by Crippen LogP contribution is 2.40. The quantitative estimate of drug-likeness (QED) is 0.201. The number of benzene rings is 7. The summed E-state index contributed by atoms with van der Waals surface area (Å²) in [4.78, 5) is 7.11. The van der Waals surface area contributed by atoms with Crippen LogP contribution in [0.15, 0.2) is 174 Å². The molecular formula is C41H28N2O. The summed E-state index contributed by atoms with van der Waals surface area (Å²) in [5.74, 6) is 0.626. The van der Waals surface area contributed by atoms with E-state index in [2.05, 4.69) is 132 Å². The Kier molecular flexibility index (Phi) is 6.47. The van der Waals surface area contributed by atoms with Crippen LogP contribution in [0.3, 0.4) is 0 Å². The highest BCUT2D eigenvalue weighted by molar-refractivity contribution is 5.93. The second-order valence-corrected chi connectivity index (χ2v) is 10.9. The Labute approximate surface area is 256 Å². The predicted molar refractivity (Wildman–Crippen MR) is 183 cm³/mol. The molecule has 0 radical (unpaired) electrons. The lowest BCUT2D eigenvalue weighted by molar-refractivity contribution is 0.621. The molecule has 0 aliphatic rings. The van der Waals surface area contributed by atoms with Gasteiger partial charge in [0.15, 0.2) is 5.58 Å². The van der Waals surface area contributed by atoms with Gasteiger partial charge in [0, 0.05) is 28.2 Å². The molecule has 3 heteroatoms. The highest BCUT2D eigenvalue weighted by atomic mass is 16.3. The number of hydrogen-bond donors (Lipinski definition) is 0. The molecule has 0 amide bonds. The Hall–Kier alpha value is -5.93. The molecule has 0 saturated heterocycles. The van der Waals surface area contributed by atoms with Crippen molar-refractivity contribution in [3.05, 3.63) is 170 Å². The van der Waals surface area contributed by atoms with Crippen LogP contribution in [0.5, 0.6) is 0 Å². The Balaban J connectivity index is 1.23. The first kappa shape index (κ1) is 25.8. The maximum absolute atomic E-state index is 6.38. The lowest BCUT2D eigenvalue weighted by atomic mass is 10.00. The lowest BCUT2D eigenvalue weighted by Gasteiger charge is -2.26. The number of aromatic nitrogens is 1. The molecule has 0 N–H and O–H groups in total. The van der Waals surface area contributed by atoms with E-state index in [9.17, 15) is 0 Å². The Bertz CT molecular complexity index is 2240. The van der Waals surface area contributed by atoms with E-state index in [1.807, 2.05) is 42.5 Å². The number of rotatable bonds is 6. The van der Waals surface area contributed by atoms with Crippen LogP contribution < -0.4 is 4.90 Å². The van der Waals surface area contributed by atoms with Gasteiger partial charge >= 0.3 is 0 Å². The number of hydrogen-bond acceptors (Lipinski definition) is 3. The van der Waals surface area contributed by atoms with Gasteiger partial charge in [-0.15, -0.1) is 0 Å². The minimum atomic E-state index is 0.626. The maximum Gasteiger partial charge on any atom is 0.227 e. The van der Waals surface area contributed by atoms with Crippen LogP contribution in [0.2, 0.25) is 0 Å². The third-order valence-electron chi connectivity index (χ3n) is 8.05. The zero-order chi connectivity index (χ0) is 29.3. The van der Waals surface area contributed by atoms with E-state index in [0.717, 1.165) is 44.9 Å². The summed E-state index contributed by atoms with van der Waals surface area (Å²) >= 11 is 0. The summed E-state index contributed by atoms with van der Waals surface area (Å²) in [7, 11) is 0. The van der Waals surface area contributed by atoms with Gasteiger partial charge in [0.25, 0.3) is 0 Å². The molecule has 208 valence electrons. The molecule has 44 heavy (non-hydrogen) atoms. The second kappa shape index (κ2) is 11.0. The molecule has 1 heterocycles. The summed E-state index contributed by atoms with van der Waals surface area (Å²) < 4.78 is 6.38. The standard InChI is InChI=1S/C41H28N2O/c1-3-13-30(14-4-1)41-42-39-23-11-22-38(40(39)44-41)34-17-10-21-37(28-34)43(35-18-5-2-6-19-35)36-20-9-16-32(27-36)33-25-24-29-12-7-8-15-31(29)26-33/h1-28H. The molecule has 0 unspecified atom stereocenters. The van der Waals surface area contributed by atoms with Crippen molar-refractivity contribution in [3.63, 3.8) is 0 Å². The zero-order valence-corrected chi connectivity index (χ0v) is 24.0. The molecule has 0 atom stereocenters. The van der Waals surface area contributed by atoms with Gasteiger partial charge in [-0.25, -0.2) is 4.98 Å². The van der Waals surface area contributed by atoms with Crippen LogP contribution in [0, 0.1) is 0 Å². The smallest absolute Gasteiger partial charge is 0.227 e. The van der Waals surface area contributed by atoms with Crippen molar-refractivity contribution in [2.24, 2.45) is 0 Å². The molecule has 8 aromatic rings. The van der Waals surface area contributed by atoms with Gasteiger partial charge in [-0.3, -0.25) is 0 Å². The number of anilines is 3. The van der Waals surface area contributed by atoms with Crippen LogP contribution in [0.4, 0.5) is 17.1 Å². The number of fused-ring (bicyclic) bond motifs is 2. The van der Waals surface area contributed by atoms with Crippen LogP contribution in [0.25, 0.3) is 55.6 Å². The molecule has 0 aliphatic heterocycles. The van der Waals surface area contributed by atoms with Crippen molar-refractivity contribution >= 4 is 38.9 Å². The molecule has 0 spiro atoms. The van der Waals surface area contributed by atoms with Crippen molar-refractivity contribution in [3.8, 4) is 33.7 Å². The van der Waals surface area contributed by atoms with Crippen LogP contribution in [-0.2, 0) is 0 Å². The SMILES string of the molecule is c1ccc(-c2nc3cccc(-c4cccc(N(c5ccccc5)c5cccc(-c6ccc7ccccc7c6)c5)c4)c3o2)cc1. The molecule has 0 aliphatic carbocycles. The van der Waals surface area contributed by atoms with E-state index < -0.39 is 0 Å². The average Bonchev–Trinajstić information content (AvgIpc) is 3.54. The first-order valence-corrected chi connectivity index (χ1v) is 14.8. The van der Waals surface area contributed by atoms with Crippen molar-refractivity contribution in [2.45, 2.75) is 0 Å². The van der Waals surface area contributed by atoms with Crippen LogP contribution in [-0.4, -0.2) is 4.98 Å². The minimum Gasteiger partial charge on any atom is -0.435 e. The Morgan fingerprint density at radius 2 is 1.00 bits per heavy atom. The van der Waals surface area contributed by atoms with E-state index in [1.54, 1.807) is 0 Å². The predicted octanol–water partition coefficient (Wildman–Crippen LogP) is 11.5. The van der Waals surface area contributed by atoms with Gasteiger partial charge in [-0.05, 0) is 88.1 Å². The van der Waals surface area contributed by atoms with Gasteiger partial charge in [0.2, 0.25) is 5.89 Å². The van der Waals surface area contributed by atoms with E-state index in [0.29, 0.717) is 5.89 Å². The first-order chi connectivity index (χ1) is 21.8. The fourth-order valence-corrected chi connectivity index (χ4v) is 5.91. The third-order valence-corrected chi connectivity index (χ3v) is 8.05. The van der Waals surface area contributed by atoms with E-state index in [1.165, 1.54) is 21.9 Å². The number of nitrogens with zero attached hydrogens (tertiary/aromatic N) is 2. The third kappa shape index (κ3) is 4.81. The van der Waals surface area contributed by atoms with Crippen molar-refractivity contribution in [2.75, 3.05) is 4.90 Å². The van der Waals surface area contributed by atoms with E-state index in [4.69, 9.17) is 9.40 Å². The Morgan fingerprint density at radius 3 is 1.80 bits per heavy atom. The van der Waals surface area contributed by atoms with E-state index in [-0.39, 0.29) is 0 Å². The fraction of sp³-hybridized carbons (Fsp3) is 0. The molecule has 3 nitrogen and oxygen atoms in total. The number of oxazole rings is 1. The number of para-hydroxylation sites is 2. The van der Waals surface area contributed by atoms with Gasteiger partial charge in [-0.1, -0.05) is 109 Å². The normalized spacial score (nSPS) is 11.2. The van der Waals surface area contributed by atoms with Gasteiger partial charge in [0.05, 0.1) is 0 Å². The molecule has 0 saturated carbocycles. The minimum absolute atomic E-state index is 0.626. The van der Waals surface area contributed by atoms with Gasteiger partial charge in [-0.2, -0.15) is 0 Å². The largest absolute Gasteiger partial charge is 0.435 e. The average molecular weight is 565 g/mol. The van der Waals surface area contributed by atoms with Crippen LogP contribution in [0.1, 0.15) is 0 Å². The zero-order valence-electron chi connectivity index (χ0n) is 24.0. The van der Waals surface area contributed by atoms with Crippen molar-refractivity contribution in [1.82, 2.24) is 4.98 Å². The highest BCUT2D eigenvalue weighted by Gasteiger charge is 2.17. The van der Waals surface area contributed by atoms with Gasteiger partial charge < -0.3 is 9.32 Å². The van der Waals surface area contributed by atoms with E-state index >= 15 is 0 Å². The van der Waals surface area contributed by atoms with Gasteiger partial charge in [0.1, 0.15) is 5.52 Å². The first-order valence-electron chi connectivity index (χ1n) is 14.8. The summed E-state index contributed by atoms with van der Waals surface area (Å²) in [5, 5.41) is 2.48. The van der Waals surface area contributed by atoms with Crippen LogP contribution >= 0.6 is 0 Å². The monoisotopic (exact) mass is 564 g/mol. The summed E-state index contributed by atoms with van der Waals surface area (Å²) in [6, 6.07) is 59.3. The molecule has 7 aromatic carbocycles. The van der Waals surface area contributed by atoms with Crippen molar-refractivity contribution < 1.29 is 4.42 Å². The lowest BCUT2D eigenvalue weighted by Crippen LogP contribution is -2.10. The summed E-state index contributed by atoms with van der Waals surface area (Å²) in [5.41, 5.74) is 10.3. The fourth-order valence-electron chi connectivity index (χ4n) is 5.91. The topological polar surface area (TPSA) is 29.3 Å². The van der Waals surface area contributed by atoms with Crippen molar-refractivity contribution in [1.29, 1.82) is 0 Å². The molecular weight excluding hydrogens is 536 g/mol. The summed E-state index contributed by atoms with van der Waals surface area (Å²) in [6.45, 7) is 0. The molecule has 8 rings (SSSR count). The molecule has 0 bridgehead atoms. The molecule has 1 aromatic heterocycles. The second-order valence-electron chi connectivity index (χ2n) is 10.9. The maximum atomic E-state index is 6.38.